The Kier molecular flexibility index (Phi) is 10.6. The van der Waals surface area contributed by atoms with E-state index in [1.165, 1.54) is 23.9 Å². The van der Waals surface area contributed by atoms with Gasteiger partial charge in [-0.3, -0.25) is 9.80 Å². The molecule has 12 nitrogen and oxygen atoms in total. The van der Waals surface area contributed by atoms with Crippen molar-refractivity contribution in [3.63, 3.8) is 0 Å². The van der Waals surface area contributed by atoms with E-state index in [1.54, 1.807) is 4.90 Å². The molecule has 0 atom stereocenters. The quantitative estimate of drug-likeness (QED) is 0.328. The van der Waals surface area contributed by atoms with E-state index in [0.29, 0.717) is 24.7 Å². The van der Waals surface area contributed by atoms with Gasteiger partial charge in [0, 0.05) is 76.6 Å². The van der Waals surface area contributed by atoms with Gasteiger partial charge in [0.05, 0.1) is 0 Å². The predicted octanol–water partition coefficient (Wildman–Crippen LogP) is 4.55. The van der Waals surface area contributed by atoms with Crippen molar-refractivity contribution in [3.05, 3.63) is 71.4 Å². The molecular weight excluding hydrogens is 572 g/mol. The first kappa shape index (κ1) is 32.3. The van der Waals surface area contributed by atoms with E-state index in [9.17, 15) is 4.79 Å². The second-order valence-corrected chi connectivity index (χ2v) is 12.6. The molecule has 12 heteroatoms. The van der Waals surface area contributed by atoms with Gasteiger partial charge in [-0.25, -0.2) is 4.79 Å². The number of aryl methyl sites for hydroxylation is 2. The summed E-state index contributed by atoms with van der Waals surface area (Å²) in [4.78, 5) is 27.1. The Bertz CT molecular complexity index is 1500. The summed E-state index contributed by atoms with van der Waals surface area (Å²) in [5, 5.41) is 11.3. The molecule has 4 heterocycles. The van der Waals surface area contributed by atoms with Crippen molar-refractivity contribution >= 4 is 6.09 Å². The molecule has 1 amide bonds. The highest BCUT2D eigenvalue weighted by Crippen LogP contribution is 2.25. The minimum Gasteiger partial charge on any atom is -0.444 e. The van der Waals surface area contributed by atoms with Gasteiger partial charge in [-0.2, -0.15) is 9.97 Å². The fourth-order valence-electron chi connectivity index (χ4n) is 5.42. The van der Waals surface area contributed by atoms with Crippen LogP contribution in [0.25, 0.3) is 22.8 Å². The third kappa shape index (κ3) is 9.19. The van der Waals surface area contributed by atoms with Gasteiger partial charge in [0.1, 0.15) is 5.60 Å². The summed E-state index contributed by atoms with van der Waals surface area (Å²) in [5.41, 5.74) is 6.39. The first-order valence-electron chi connectivity index (χ1n) is 15.5. The molecule has 0 radical (unpaired) electrons. The summed E-state index contributed by atoms with van der Waals surface area (Å²) in [5.74, 6) is 1.28. The Morgan fingerprint density at radius 1 is 0.778 bits per heavy atom. The maximum atomic E-state index is 12.2. The van der Waals surface area contributed by atoms with Crippen molar-refractivity contribution in [1.82, 2.24) is 40.3 Å². The van der Waals surface area contributed by atoms with E-state index in [2.05, 4.69) is 78.7 Å². The molecule has 0 saturated carbocycles. The number of carbonyl (C=O) groups excluding carboxylic acids is 1. The van der Waals surface area contributed by atoms with Crippen LogP contribution < -0.4 is 5.32 Å². The highest BCUT2D eigenvalue weighted by Gasteiger charge is 2.26. The zero-order valence-electron chi connectivity index (χ0n) is 27.0. The Hall–Kier alpha value is -4.13. The molecule has 2 aromatic heterocycles. The summed E-state index contributed by atoms with van der Waals surface area (Å²) in [7, 11) is 0. The molecule has 2 aliphatic heterocycles. The number of amides is 1. The van der Waals surface area contributed by atoms with Gasteiger partial charge in [-0.1, -0.05) is 45.7 Å². The van der Waals surface area contributed by atoms with Crippen LogP contribution in [-0.4, -0.2) is 99.0 Å². The van der Waals surface area contributed by atoms with Crippen LogP contribution in [0, 0.1) is 13.8 Å². The van der Waals surface area contributed by atoms with E-state index < -0.39 is 5.60 Å². The van der Waals surface area contributed by atoms with Crippen LogP contribution in [0.15, 0.2) is 58.2 Å². The van der Waals surface area contributed by atoms with E-state index in [1.807, 2.05) is 27.7 Å². The summed E-state index contributed by atoms with van der Waals surface area (Å²) in [6.07, 6.45) is 2.49. The molecule has 2 aromatic carbocycles. The van der Waals surface area contributed by atoms with E-state index in [0.717, 1.165) is 74.6 Å². The molecule has 0 unspecified atom stereocenters. The van der Waals surface area contributed by atoms with E-state index in [-0.39, 0.29) is 6.09 Å². The van der Waals surface area contributed by atoms with Crippen LogP contribution in [0.2, 0.25) is 0 Å². The first-order valence-corrected chi connectivity index (χ1v) is 15.5. The molecule has 1 N–H and O–H groups in total. The van der Waals surface area contributed by atoms with Gasteiger partial charge in [-0.05, 0) is 57.9 Å². The molecule has 0 aliphatic carbocycles. The topological polar surface area (TPSA) is 126 Å². The molecule has 2 aliphatic rings. The van der Waals surface area contributed by atoms with E-state index in [4.69, 9.17) is 13.8 Å². The molecule has 240 valence electrons. The molecule has 0 spiro atoms. The lowest BCUT2D eigenvalue weighted by molar-refractivity contribution is 0.0139. The Balaban J connectivity index is 0.000000186. The van der Waals surface area contributed by atoms with E-state index >= 15 is 0 Å². The highest BCUT2D eigenvalue weighted by atomic mass is 16.6. The van der Waals surface area contributed by atoms with Gasteiger partial charge in [-0.15, -0.1) is 0 Å². The third-order valence-electron chi connectivity index (χ3n) is 7.76. The Morgan fingerprint density at radius 2 is 1.27 bits per heavy atom. The normalized spacial score (nSPS) is 16.2. The number of benzene rings is 2. The molecule has 4 aromatic rings. The minimum atomic E-state index is -0.463. The number of ether oxygens (including phenoxy) is 1. The number of aromatic nitrogens is 4. The number of carbonyl (C=O) groups is 1. The van der Waals surface area contributed by atoms with Gasteiger partial charge < -0.3 is 24.0 Å². The largest absolute Gasteiger partial charge is 0.444 e. The maximum absolute atomic E-state index is 12.2. The minimum absolute atomic E-state index is 0.236. The lowest BCUT2D eigenvalue weighted by Gasteiger charge is -2.35. The molecule has 2 fully saturated rings. The maximum Gasteiger partial charge on any atom is 0.410 e. The van der Waals surface area contributed by atoms with Crippen molar-refractivity contribution in [2.75, 3.05) is 52.4 Å². The van der Waals surface area contributed by atoms with Crippen molar-refractivity contribution in [1.29, 1.82) is 0 Å². The zero-order valence-corrected chi connectivity index (χ0v) is 27.0. The standard InChI is InChI=1S/C19H26N4O3.C14H18N4O/c1-14-5-6-15(16(11-14)17-20-13-25-21-17)12-22-7-9-23(10-8-22)18(24)26-19(2,3)4;1-11-2-3-12(9-18-6-4-15-5-7-18)13(8-11)14-16-10-19-17-14/h5-6,11,13H,7-10,12H2,1-4H3;2-3,8,10,15H,4-7,9H2,1H3. The molecule has 45 heavy (non-hydrogen) atoms. The summed E-state index contributed by atoms with van der Waals surface area (Å²) < 4.78 is 15.2. The van der Waals surface area contributed by atoms with Crippen LogP contribution in [0.5, 0.6) is 0 Å². The first-order chi connectivity index (χ1) is 21.6. The number of piperazine rings is 2. The molecule has 0 bridgehead atoms. The van der Waals surface area contributed by atoms with Crippen molar-refractivity contribution in [2.24, 2.45) is 0 Å². The Morgan fingerprint density at radius 3 is 1.71 bits per heavy atom. The molecule has 2 saturated heterocycles. The molecule has 6 rings (SSSR count). The average molecular weight is 617 g/mol. The monoisotopic (exact) mass is 616 g/mol. The van der Waals surface area contributed by atoms with Crippen molar-refractivity contribution in [3.8, 4) is 22.8 Å². The number of nitrogens with zero attached hydrogens (tertiary/aromatic N) is 7. The number of nitrogens with one attached hydrogen (secondary N) is 1. The van der Waals surface area contributed by atoms with Crippen LogP contribution in [-0.2, 0) is 17.8 Å². The van der Waals surface area contributed by atoms with Crippen LogP contribution in [0.4, 0.5) is 4.79 Å². The predicted molar refractivity (Wildman–Crippen MR) is 170 cm³/mol. The van der Waals surface area contributed by atoms with Gasteiger partial charge in [0.2, 0.25) is 24.4 Å². The van der Waals surface area contributed by atoms with Crippen molar-refractivity contribution in [2.45, 2.75) is 53.3 Å². The highest BCUT2D eigenvalue weighted by molar-refractivity contribution is 5.68. The third-order valence-corrected chi connectivity index (χ3v) is 7.76. The fraction of sp³-hybridized carbons (Fsp3) is 0.485. The van der Waals surface area contributed by atoms with Crippen molar-refractivity contribution < 1.29 is 18.6 Å². The number of hydrogen-bond acceptors (Lipinski definition) is 11. The van der Waals surface area contributed by atoms with Crippen LogP contribution in [0.1, 0.15) is 43.0 Å². The lowest BCUT2D eigenvalue weighted by atomic mass is 10.0. The van der Waals surface area contributed by atoms with Gasteiger partial charge in [0.15, 0.2) is 0 Å². The summed E-state index contributed by atoms with van der Waals surface area (Å²) >= 11 is 0. The molecular formula is C33H44N8O4. The van der Waals surface area contributed by atoms with Gasteiger partial charge in [0.25, 0.3) is 0 Å². The number of hydrogen-bond donors (Lipinski definition) is 1. The van der Waals surface area contributed by atoms with Crippen LogP contribution in [0.3, 0.4) is 0 Å². The summed E-state index contributed by atoms with van der Waals surface area (Å²) in [6.45, 7) is 18.7. The average Bonchev–Trinajstić information content (AvgIpc) is 3.75. The SMILES string of the molecule is Cc1ccc(CN2CCN(C(=O)OC(C)(C)C)CC2)c(-c2ncon2)c1.Cc1ccc(CN2CCNCC2)c(-c2ncon2)c1. The Labute approximate surface area is 264 Å². The number of rotatable bonds is 6. The van der Waals surface area contributed by atoms with Crippen LogP contribution >= 0.6 is 0 Å². The lowest BCUT2D eigenvalue weighted by Crippen LogP contribution is -2.49. The fourth-order valence-corrected chi connectivity index (χ4v) is 5.42. The zero-order chi connectivity index (χ0) is 31.8. The van der Waals surface area contributed by atoms with Gasteiger partial charge >= 0.3 is 6.09 Å². The smallest absolute Gasteiger partial charge is 0.410 e. The summed E-state index contributed by atoms with van der Waals surface area (Å²) in [6, 6.07) is 12.7. The second-order valence-electron chi connectivity index (χ2n) is 12.6. The second kappa shape index (κ2) is 14.8.